The molecule has 1 aromatic carbocycles. The van der Waals surface area contributed by atoms with Gasteiger partial charge in [-0.05, 0) is 67.3 Å². The first-order valence-electron chi connectivity index (χ1n) is 7.44. The first-order chi connectivity index (χ1) is 9.70. The summed E-state index contributed by atoms with van der Waals surface area (Å²) in [4.78, 5) is 0. The molecule has 0 bridgehead atoms. The first kappa shape index (κ1) is 16.5. The third-order valence-corrected chi connectivity index (χ3v) is 5.72. The highest BCUT2D eigenvalue weighted by molar-refractivity contribution is 7.99. The van der Waals surface area contributed by atoms with Crippen LogP contribution in [0.4, 0.5) is 0 Å². The van der Waals surface area contributed by atoms with Crippen molar-refractivity contribution in [2.24, 2.45) is 5.92 Å². The number of rotatable bonds is 6. The molecule has 1 unspecified atom stereocenters. The predicted octanol–water partition coefficient (Wildman–Crippen LogP) is 5.05. The second-order valence-electron chi connectivity index (χ2n) is 5.45. The van der Waals surface area contributed by atoms with Crippen molar-refractivity contribution >= 4 is 35.0 Å². The molecule has 1 heterocycles. The molecule has 0 radical (unpaired) electrons. The highest BCUT2D eigenvalue weighted by atomic mass is 35.5. The Morgan fingerprint density at radius 2 is 1.90 bits per heavy atom. The maximum Gasteiger partial charge on any atom is 0.0453 e. The third kappa shape index (κ3) is 4.84. The van der Waals surface area contributed by atoms with Crippen molar-refractivity contribution in [1.29, 1.82) is 0 Å². The van der Waals surface area contributed by atoms with E-state index in [2.05, 4.69) is 24.0 Å². The van der Waals surface area contributed by atoms with Crippen LogP contribution in [0.3, 0.4) is 0 Å². The zero-order chi connectivity index (χ0) is 14.4. The second kappa shape index (κ2) is 8.53. The Morgan fingerprint density at radius 1 is 1.25 bits per heavy atom. The van der Waals surface area contributed by atoms with Gasteiger partial charge in [0.2, 0.25) is 0 Å². The summed E-state index contributed by atoms with van der Waals surface area (Å²) in [6.45, 7) is 3.16. The summed E-state index contributed by atoms with van der Waals surface area (Å²) in [5.41, 5.74) is 1.09. The number of hydrogen-bond donors (Lipinski definition) is 1. The molecule has 1 nitrogen and oxygen atoms in total. The van der Waals surface area contributed by atoms with Crippen LogP contribution in [0.5, 0.6) is 0 Å². The van der Waals surface area contributed by atoms with Gasteiger partial charge >= 0.3 is 0 Å². The number of benzene rings is 1. The van der Waals surface area contributed by atoms with Gasteiger partial charge in [-0.2, -0.15) is 11.8 Å². The number of thioether (sulfide) groups is 1. The Balaban J connectivity index is 2.00. The van der Waals surface area contributed by atoms with Gasteiger partial charge in [0.1, 0.15) is 0 Å². The van der Waals surface area contributed by atoms with Crippen LogP contribution in [0.2, 0.25) is 10.0 Å². The molecule has 0 saturated carbocycles. The number of halogens is 2. The van der Waals surface area contributed by atoms with E-state index in [0.29, 0.717) is 6.04 Å². The molecule has 1 aliphatic heterocycles. The summed E-state index contributed by atoms with van der Waals surface area (Å²) in [6.07, 6.45) is 4.86. The van der Waals surface area contributed by atoms with Crippen molar-refractivity contribution in [2.45, 2.75) is 38.6 Å². The maximum atomic E-state index is 6.30. The zero-order valence-corrected chi connectivity index (χ0v) is 14.3. The van der Waals surface area contributed by atoms with E-state index in [1.165, 1.54) is 30.8 Å². The molecule has 4 heteroatoms. The molecule has 1 N–H and O–H groups in total. The van der Waals surface area contributed by atoms with Gasteiger partial charge in [-0.1, -0.05) is 36.2 Å². The fraction of sp³-hybridized carbons (Fsp3) is 0.625. The largest absolute Gasteiger partial charge is 0.314 e. The highest BCUT2D eigenvalue weighted by Gasteiger charge is 2.20. The average Bonchev–Trinajstić information content (AvgIpc) is 2.44. The Hall–Kier alpha value is 0.110. The van der Waals surface area contributed by atoms with Crippen LogP contribution in [0.1, 0.15) is 31.7 Å². The van der Waals surface area contributed by atoms with Crippen LogP contribution in [0, 0.1) is 5.92 Å². The minimum atomic E-state index is 0.477. The van der Waals surface area contributed by atoms with Crippen LogP contribution >= 0.6 is 35.0 Å². The summed E-state index contributed by atoms with van der Waals surface area (Å²) >= 11 is 14.7. The van der Waals surface area contributed by atoms with Gasteiger partial charge in [0.05, 0.1) is 0 Å². The van der Waals surface area contributed by atoms with Crippen molar-refractivity contribution < 1.29 is 0 Å². The van der Waals surface area contributed by atoms with E-state index in [1.54, 1.807) is 0 Å². The van der Waals surface area contributed by atoms with Crippen LogP contribution in [0.25, 0.3) is 0 Å². The molecule has 1 aliphatic rings. The van der Waals surface area contributed by atoms with Gasteiger partial charge < -0.3 is 5.32 Å². The summed E-state index contributed by atoms with van der Waals surface area (Å²) in [5, 5.41) is 5.19. The smallest absolute Gasteiger partial charge is 0.0453 e. The van der Waals surface area contributed by atoms with E-state index in [9.17, 15) is 0 Å². The SMILES string of the molecule is CCNC(Cc1c(Cl)cccc1Cl)CC1CCSCC1. The van der Waals surface area contributed by atoms with Gasteiger partial charge in [0, 0.05) is 16.1 Å². The summed E-state index contributed by atoms with van der Waals surface area (Å²) in [6, 6.07) is 6.26. The topological polar surface area (TPSA) is 12.0 Å². The zero-order valence-electron chi connectivity index (χ0n) is 12.0. The fourth-order valence-corrected chi connectivity index (χ4v) is 4.64. The summed E-state index contributed by atoms with van der Waals surface area (Å²) < 4.78 is 0. The molecule has 1 saturated heterocycles. The lowest BCUT2D eigenvalue weighted by atomic mass is 9.91. The standard InChI is InChI=1S/C16H23Cl2NS/c1-2-19-13(10-12-6-8-20-9-7-12)11-14-15(17)4-3-5-16(14)18/h3-5,12-13,19H,2,6-11H2,1H3. The maximum absolute atomic E-state index is 6.30. The Morgan fingerprint density at radius 3 is 2.50 bits per heavy atom. The van der Waals surface area contributed by atoms with E-state index in [4.69, 9.17) is 23.2 Å². The van der Waals surface area contributed by atoms with E-state index >= 15 is 0 Å². The van der Waals surface area contributed by atoms with Crippen molar-refractivity contribution in [1.82, 2.24) is 5.32 Å². The minimum Gasteiger partial charge on any atom is -0.314 e. The molecule has 1 atom stereocenters. The van der Waals surface area contributed by atoms with Crippen LogP contribution in [0.15, 0.2) is 18.2 Å². The molecule has 1 aromatic rings. The monoisotopic (exact) mass is 331 g/mol. The first-order valence-corrected chi connectivity index (χ1v) is 9.35. The Bertz CT molecular complexity index is 399. The Kier molecular flexibility index (Phi) is 7.03. The van der Waals surface area contributed by atoms with Crippen molar-refractivity contribution in [3.05, 3.63) is 33.8 Å². The van der Waals surface area contributed by atoms with Crippen molar-refractivity contribution in [3.8, 4) is 0 Å². The van der Waals surface area contributed by atoms with Gasteiger partial charge in [-0.3, -0.25) is 0 Å². The quantitative estimate of drug-likeness (QED) is 0.782. The van der Waals surface area contributed by atoms with E-state index < -0.39 is 0 Å². The second-order valence-corrected chi connectivity index (χ2v) is 7.49. The minimum absolute atomic E-state index is 0.477. The molecule has 20 heavy (non-hydrogen) atoms. The lowest BCUT2D eigenvalue weighted by molar-refractivity contribution is 0.366. The molecule has 0 aromatic heterocycles. The number of nitrogens with one attached hydrogen (secondary N) is 1. The molecule has 0 aliphatic carbocycles. The molecule has 1 fully saturated rings. The van der Waals surface area contributed by atoms with Crippen molar-refractivity contribution in [2.75, 3.05) is 18.1 Å². The lowest BCUT2D eigenvalue weighted by Gasteiger charge is -2.27. The third-order valence-electron chi connectivity index (χ3n) is 3.96. The molecule has 0 amide bonds. The van der Waals surface area contributed by atoms with Gasteiger partial charge in [0.15, 0.2) is 0 Å². The molecular formula is C16H23Cl2NS. The van der Waals surface area contributed by atoms with E-state index in [-0.39, 0.29) is 0 Å². The average molecular weight is 332 g/mol. The molecule has 112 valence electrons. The van der Waals surface area contributed by atoms with Gasteiger partial charge in [-0.15, -0.1) is 0 Å². The van der Waals surface area contributed by atoms with Gasteiger partial charge in [0.25, 0.3) is 0 Å². The van der Waals surface area contributed by atoms with Crippen LogP contribution in [-0.2, 0) is 6.42 Å². The summed E-state index contributed by atoms with van der Waals surface area (Å²) in [7, 11) is 0. The Labute approximate surface area is 136 Å². The molecule has 0 spiro atoms. The lowest BCUT2D eigenvalue weighted by Crippen LogP contribution is -2.34. The van der Waals surface area contributed by atoms with Crippen LogP contribution in [-0.4, -0.2) is 24.1 Å². The predicted molar refractivity (Wildman–Crippen MR) is 92.3 cm³/mol. The van der Waals surface area contributed by atoms with Crippen LogP contribution < -0.4 is 5.32 Å². The highest BCUT2D eigenvalue weighted by Crippen LogP contribution is 2.30. The summed E-state index contributed by atoms with van der Waals surface area (Å²) in [5.74, 6) is 3.48. The van der Waals surface area contributed by atoms with Crippen molar-refractivity contribution in [3.63, 3.8) is 0 Å². The number of hydrogen-bond acceptors (Lipinski definition) is 2. The van der Waals surface area contributed by atoms with E-state index in [1.807, 2.05) is 18.2 Å². The number of likely N-dealkylation sites (N-methyl/N-ethyl adjacent to an activating group) is 1. The van der Waals surface area contributed by atoms with Gasteiger partial charge in [-0.25, -0.2) is 0 Å². The fourth-order valence-electron chi connectivity index (χ4n) is 2.89. The molecule has 2 rings (SSSR count). The normalized spacial score (nSPS) is 18.1. The molecular weight excluding hydrogens is 309 g/mol. The van der Waals surface area contributed by atoms with E-state index in [0.717, 1.165) is 34.5 Å².